The van der Waals surface area contributed by atoms with Crippen LogP contribution in [-0.2, 0) is 17.9 Å². The molecule has 2 aromatic carbocycles. The molecule has 0 unspecified atom stereocenters. The number of likely N-dealkylation sites (tertiary alicyclic amines) is 1. The number of rotatable bonds is 6. The van der Waals surface area contributed by atoms with Crippen LogP contribution in [0.2, 0.25) is 0 Å². The van der Waals surface area contributed by atoms with E-state index in [-0.39, 0.29) is 17.7 Å². The third-order valence-electron chi connectivity index (χ3n) is 4.70. The second-order valence-electron chi connectivity index (χ2n) is 6.64. The van der Waals surface area contributed by atoms with Gasteiger partial charge in [-0.05, 0) is 36.1 Å². The number of carbonyl (C=O) groups is 2. The lowest BCUT2D eigenvalue weighted by Crippen LogP contribution is -2.45. The van der Waals surface area contributed by atoms with E-state index in [9.17, 15) is 9.59 Å². The fourth-order valence-electron chi connectivity index (χ4n) is 3.07. The van der Waals surface area contributed by atoms with Crippen molar-refractivity contribution in [1.82, 2.24) is 10.2 Å². The Kier molecular flexibility index (Phi) is 6.44. The van der Waals surface area contributed by atoms with Crippen LogP contribution in [0.1, 0.15) is 34.3 Å². The first-order valence-electron chi connectivity index (χ1n) is 9.12. The van der Waals surface area contributed by atoms with E-state index in [1.807, 2.05) is 30.3 Å². The second-order valence-corrected chi connectivity index (χ2v) is 6.64. The molecule has 1 heterocycles. The van der Waals surface area contributed by atoms with Crippen LogP contribution in [0.4, 0.5) is 4.79 Å². The maximum absolute atomic E-state index is 12.3. The highest BCUT2D eigenvalue weighted by Gasteiger charge is 2.23. The Morgan fingerprint density at radius 2 is 1.67 bits per heavy atom. The molecule has 1 aliphatic heterocycles. The minimum Gasteiger partial charge on any atom is -0.478 e. The SMILES string of the molecule is O=C(O)c1ccc(CNC(=O)N2CCC(OCc3ccccc3)CC2)cc1. The van der Waals surface area contributed by atoms with Crippen LogP contribution in [0.25, 0.3) is 0 Å². The van der Waals surface area contributed by atoms with E-state index in [4.69, 9.17) is 9.84 Å². The van der Waals surface area contributed by atoms with Gasteiger partial charge in [0, 0.05) is 19.6 Å². The van der Waals surface area contributed by atoms with Crippen LogP contribution < -0.4 is 5.32 Å². The number of urea groups is 1. The molecule has 2 N–H and O–H groups in total. The molecule has 6 nitrogen and oxygen atoms in total. The minimum atomic E-state index is -0.956. The quantitative estimate of drug-likeness (QED) is 0.820. The van der Waals surface area contributed by atoms with Gasteiger partial charge in [0.25, 0.3) is 0 Å². The Morgan fingerprint density at radius 1 is 1.00 bits per heavy atom. The van der Waals surface area contributed by atoms with E-state index in [2.05, 4.69) is 5.32 Å². The van der Waals surface area contributed by atoms with Gasteiger partial charge < -0.3 is 20.1 Å². The largest absolute Gasteiger partial charge is 0.478 e. The summed E-state index contributed by atoms with van der Waals surface area (Å²) in [6.45, 7) is 2.32. The van der Waals surface area contributed by atoms with Gasteiger partial charge in [0.1, 0.15) is 0 Å². The number of carboxylic acid groups (broad SMARTS) is 1. The smallest absolute Gasteiger partial charge is 0.335 e. The zero-order chi connectivity index (χ0) is 19.1. The van der Waals surface area contributed by atoms with Crippen molar-refractivity contribution >= 4 is 12.0 Å². The molecule has 1 fully saturated rings. The number of hydrogen-bond donors (Lipinski definition) is 2. The normalized spacial score (nSPS) is 14.7. The first-order valence-corrected chi connectivity index (χ1v) is 9.12. The number of carboxylic acids is 1. The Labute approximate surface area is 158 Å². The molecule has 0 saturated carbocycles. The number of nitrogens with zero attached hydrogens (tertiary/aromatic N) is 1. The highest BCUT2D eigenvalue weighted by molar-refractivity contribution is 5.87. The van der Waals surface area contributed by atoms with Gasteiger partial charge in [-0.2, -0.15) is 0 Å². The molecule has 0 bridgehead atoms. The second kappa shape index (κ2) is 9.19. The summed E-state index contributed by atoms with van der Waals surface area (Å²) >= 11 is 0. The first-order chi connectivity index (χ1) is 13.1. The van der Waals surface area contributed by atoms with Gasteiger partial charge in [0.15, 0.2) is 0 Å². The maximum Gasteiger partial charge on any atom is 0.335 e. The summed E-state index contributed by atoms with van der Waals surface area (Å²) in [5.74, 6) is -0.956. The van der Waals surface area contributed by atoms with Crippen molar-refractivity contribution in [3.63, 3.8) is 0 Å². The van der Waals surface area contributed by atoms with Gasteiger partial charge in [-0.15, -0.1) is 0 Å². The lowest BCUT2D eigenvalue weighted by Gasteiger charge is -2.32. The van der Waals surface area contributed by atoms with Crippen molar-refractivity contribution in [2.45, 2.75) is 32.1 Å². The molecular weight excluding hydrogens is 344 g/mol. The zero-order valence-corrected chi connectivity index (χ0v) is 15.1. The molecule has 0 spiro atoms. The van der Waals surface area contributed by atoms with Crippen molar-refractivity contribution in [3.05, 3.63) is 71.3 Å². The number of amides is 2. The van der Waals surface area contributed by atoms with E-state index in [0.29, 0.717) is 26.2 Å². The molecule has 1 aliphatic rings. The molecule has 0 aromatic heterocycles. The van der Waals surface area contributed by atoms with Crippen molar-refractivity contribution < 1.29 is 19.4 Å². The average molecular weight is 368 g/mol. The van der Waals surface area contributed by atoms with Crippen LogP contribution in [0.15, 0.2) is 54.6 Å². The van der Waals surface area contributed by atoms with Crippen molar-refractivity contribution in [3.8, 4) is 0 Å². The molecule has 6 heteroatoms. The summed E-state index contributed by atoms with van der Waals surface area (Å²) in [7, 11) is 0. The molecule has 3 rings (SSSR count). The standard InChI is InChI=1S/C21H24N2O4/c24-20(25)18-8-6-16(7-9-18)14-22-21(26)23-12-10-19(11-13-23)27-15-17-4-2-1-3-5-17/h1-9,19H,10-15H2,(H,22,26)(H,24,25). The number of ether oxygens (including phenoxy) is 1. The lowest BCUT2D eigenvalue weighted by atomic mass is 10.1. The van der Waals surface area contributed by atoms with Crippen molar-refractivity contribution in [1.29, 1.82) is 0 Å². The van der Waals surface area contributed by atoms with Gasteiger partial charge in [-0.3, -0.25) is 0 Å². The summed E-state index contributed by atoms with van der Waals surface area (Å²) in [4.78, 5) is 25.0. The number of nitrogens with one attached hydrogen (secondary N) is 1. The molecule has 2 aromatic rings. The number of hydrogen-bond acceptors (Lipinski definition) is 3. The lowest BCUT2D eigenvalue weighted by molar-refractivity contribution is 0.00444. The molecular formula is C21H24N2O4. The molecule has 142 valence electrons. The summed E-state index contributed by atoms with van der Waals surface area (Å²) in [5, 5.41) is 11.8. The first kappa shape index (κ1) is 18.9. The van der Waals surface area contributed by atoms with Crippen LogP contribution >= 0.6 is 0 Å². The monoisotopic (exact) mass is 368 g/mol. The van der Waals surface area contributed by atoms with Gasteiger partial charge in [-0.25, -0.2) is 9.59 Å². The number of carbonyl (C=O) groups excluding carboxylic acids is 1. The topological polar surface area (TPSA) is 78.9 Å². The van der Waals surface area contributed by atoms with Crippen LogP contribution in [-0.4, -0.2) is 41.2 Å². The summed E-state index contributed by atoms with van der Waals surface area (Å²) < 4.78 is 5.95. The van der Waals surface area contributed by atoms with Crippen LogP contribution in [0, 0.1) is 0 Å². The Bertz CT molecular complexity index is 754. The average Bonchev–Trinajstić information content (AvgIpc) is 2.72. The molecule has 2 amide bonds. The highest BCUT2D eigenvalue weighted by Crippen LogP contribution is 2.16. The number of benzene rings is 2. The maximum atomic E-state index is 12.3. The van der Waals surface area contributed by atoms with Gasteiger partial charge in [0.05, 0.1) is 18.3 Å². The van der Waals surface area contributed by atoms with Crippen LogP contribution in [0.5, 0.6) is 0 Å². The van der Waals surface area contributed by atoms with Crippen LogP contribution in [0.3, 0.4) is 0 Å². The zero-order valence-electron chi connectivity index (χ0n) is 15.1. The molecule has 0 atom stereocenters. The summed E-state index contributed by atoms with van der Waals surface area (Å²) in [5.41, 5.74) is 2.27. The molecule has 0 aliphatic carbocycles. The number of piperidine rings is 1. The van der Waals surface area contributed by atoms with E-state index in [0.717, 1.165) is 24.0 Å². The van der Waals surface area contributed by atoms with Crippen molar-refractivity contribution in [2.75, 3.05) is 13.1 Å². The Balaban J connectivity index is 1.38. The fraction of sp³-hybridized carbons (Fsp3) is 0.333. The Hall–Kier alpha value is -2.86. The van der Waals surface area contributed by atoms with Crippen molar-refractivity contribution in [2.24, 2.45) is 0 Å². The van der Waals surface area contributed by atoms with E-state index in [1.54, 1.807) is 29.2 Å². The molecule has 27 heavy (non-hydrogen) atoms. The minimum absolute atomic E-state index is 0.0983. The molecule has 1 saturated heterocycles. The van der Waals surface area contributed by atoms with E-state index >= 15 is 0 Å². The third kappa shape index (κ3) is 5.56. The summed E-state index contributed by atoms with van der Waals surface area (Å²) in [6, 6.07) is 16.5. The van der Waals surface area contributed by atoms with Gasteiger partial charge >= 0.3 is 12.0 Å². The third-order valence-corrected chi connectivity index (χ3v) is 4.70. The highest BCUT2D eigenvalue weighted by atomic mass is 16.5. The Morgan fingerprint density at radius 3 is 2.30 bits per heavy atom. The number of aromatic carboxylic acids is 1. The van der Waals surface area contributed by atoms with Gasteiger partial charge in [-0.1, -0.05) is 42.5 Å². The predicted octanol–water partition coefficient (Wildman–Crippen LogP) is 3.28. The van der Waals surface area contributed by atoms with E-state index < -0.39 is 5.97 Å². The fourth-order valence-corrected chi connectivity index (χ4v) is 3.07. The molecule has 0 radical (unpaired) electrons. The summed E-state index contributed by atoms with van der Waals surface area (Å²) in [6.07, 6.45) is 1.83. The predicted molar refractivity (Wildman–Crippen MR) is 101 cm³/mol. The van der Waals surface area contributed by atoms with Gasteiger partial charge in [0.2, 0.25) is 0 Å². The van der Waals surface area contributed by atoms with E-state index in [1.165, 1.54) is 0 Å².